The standard InChI is InChI=1S/C14H15N3O3S/c1-3-15-14-16(4-2)13(18)12(21-14)9-10-7-5-6-8-11(10)17(19)20/h5-9H,3-4H2,1-2H3/b12-9+,15-14?. The van der Waals surface area contributed by atoms with Crippen molar-refractivity contribution in [2.45, 2.75) is 13.8 Å². The largest absolute Gasteiger partial charge is 0.287 e. The Morgan fingerprint density at radius 1 is 1.38 bits per heavy atom. The van der Waals surface area contributed by atoms with E-state index in [2.05, 4.69) is 4.99 Å². The molecule has 1 saturated heterocycles. The van der Waals surface area contributed by atoms with E-state index in [0.29, 0.717) is 28.7 Å². The van der Waals surface area contributed by atoms with Gasteiger partial charge in [0.25, 0.3) is 11.6 Å². The number of nitro benzene ring substituents is 1. The van der Waals surface area contributed by atoms with E-state index in [1.165, 1.54) is 17.8 Å². The Kier molecular flexibility index (Phi) is 4.74. The van der Waals surface area contributed by atoms with Crippen molar-refractivity contribution in [2.24, 2.45) is 4.99 Å². The van der Waals surface area contributed by atoms with Crippen molar-refractivity contribution >= 4 is 34.6 Å². The number of aliphatic imine (C=N–C) groups is 1. The fraction of sp³-hybridized carbons (Fsp3) is 0.286. The zero-order valence-electron chi connectivity index (χ0n) is 11.8. The van der Waals surface area contributed by atoms with Gasteiger partial charge in [-0.25, -0.2) is 0 Å². The lowest BCUT2D eigenvalue weighted by molar-refractivity contribution is -0.385. The Balaban J connectivity index is 2.41. The summed E-state index contributed by atoms with van der Waals surface area (Å²) in [5.41, 5.74) is 0.412. The van der Waals surface area contributed by atoms with Gasteiger partial charge in [0.15, 0.2) is 5.17 Å². The second-order valence-corrected chi connectivity index (χ2v) is 5.24. The number of hydrogen-bond donors (Lipinski definition) is 0. The summed E-state index contributed by atoms with van der Waals surface area (Å²) in [5, 5.41) is 11.7. The third kappa shape index (κ3) is 3.13. The highest BCUT2D eigenvalue weighted by molar-refractivity contribution is 8.18. The van der Waals surface area contributed by atoms with Crippen LogP contribution in [0.1, 0.15) is 19.4 Å². The second kappa shape index (κ2) is 6.53. The van der Waals surface area contributed by atoms with Gasteiger partial charge in [-0.2, -0.15) is 0 Å². The third-order valence-corrected chi connectivity index (χ3v) is 3.96. The molecule has 0 aliphatic carbocycles. The van der Waals surface area contributed by atoms with Crippen molar-refractivity contribution in [2.75, 3.05) is 13.1 Å². The number of nitrogens with zero attached hydrogens (tertiary/aromatic N) is 3. The van der Waals surface area contributed by atoms with E-state index in [1.54, 1.807) is 29.2 Å². The van der Waals surface area contributed by atoms with Crippen LogP contribution >= 0.6 is 11.8 Å². The highest BCUT2D eigenvalue weighted by atomic mass is 32.2. The number of benzene rings is 1. The van der Waals surface area contributed by atoms with Crippen LogP contribution in [0.15, 0.2) is 34.2 Å². The summed E-state index contributed by atoms with van der Waals surface area (Å²) in [7, 11) is 0. The summed E-state index contributed by atoms with van der Waals surface area (Å²) in [6.07, 6.45) is 1.56. The maximum Gasteiger partial charge on any atom is 0.276 e. The van der Waals surface area contributed by atoms with Gasteiger partial charge in [0, 0.05) is 19.2 Å². The van der Waals surface area contributed by atoms with Crippen molar-refractivity contribution in [1.29, 1.82) is 0 Å². The molecule has 0 aromatic heterocycles. The zero-order chi connectivity index (χ0) is 15.4. The molecule has 1 heterocycles. The van der Waals surface area contributed by atoms with E-state index in [0.717, 1.165) is 0 Å². The third-order valence-electron chi connectivity index (χ3n) is 2.92. The van der Waals surface area contributed by atoms with E-state index < -0.39 is 4.92 Å². The Morgan fingerprint density at radius 3 is 2.71 bits per heavy atom. The molecule has 7 heteroatoms. The number of carbonyl (C=O) groups excluding carboxylic acids is 1. The van der Waals surface area contributed by atoms with E-state index in [4.69, 9.17) is 0 Å². The normalized spacial score (nSPS) is 18.8. The summed E-state index contributed by atoms with van der Waals surface area (Å²) in [4.78, 5) is 29.2. The van der Waals surface area contributed by atoms with Gasteiger partial charge in [0.05, 0.1) is 15.4 Å². The minimum atomic E-state index is -0.449. The van der Waals surface area contributed by atoms with Gasteiger partial charge in [-0.05, 0) is 37.8 Å². The van der Waals surface area contributed by atoms with Crippen molar-refractivity contribution in [3.05, 3.63) is 44.8 Å². The summed E-state index contributed by atoms with van der Waals surface area (Å²) in [5.74, 6) is -0.159. The van der Waals surface area contributed by atoms with Crippen molar-refractivity contribution in [3.63, 3.8) is 0 Å². The van der Waals surface area contributed by atoms with Crippen LogP contribution in [0.5, 0.6) is 0 Å². The highest BCUT2D eigenvalue weighted by Gasteiger charge is 2.32. The minimum Gasteiger partial charge on any atom is -0.287 e. The van der Waals surface area contributed by atoms with Gasteiger partial charge in [-0.3, -0.25) is 24.8 Å². The van der Waals surface area contributed by atoms with E-state index in [1.807, 2.05) is 13.8 Å². The van der Waals surface area contributed by atoms with Crippen LogP contribution in [-0.4, -0.2) is 34.0 Å². The number of likely N-dealkylation sites (N-methyl/N-ethyl adjacent to an activating group) is 1. The van der Waals surface area contributed by atoms with Crippen molar-refractivity contribution < 1.29 is 9.72 Å². The lowest BCUT2D eigenvalue weighted by Gasteiger charge is -2.11. The van der Waals surface area contributed by atoms with Crippen LogP contribution in [0.4, 0.5) is 5.69 Å². The number of amidine groups is 1. The second-order valence-electron chi connectivity index (χ2n) is 4.23. The number of nitro groups is 1. The summed E-state index contributed by atoms with van der Waals surface area (Å²) < 4.78 is 0. The van der Waals surface area contributed by atoms with E-state index in [-0.39, 0.29) is 11.6 Å². The molecule has 0 atom stereocenters. The van der Waals surface area contributed by atoms with Gasteiger partial charge in [-0.1, -0.05) is 12.1 Å². The minimum absolute atomic E-state index is 0.0117. The van der Waals surface area contributed by atoms with Crippen LogP contribution in [-0.2, 0) is 4.79 Å². The molecule has 0 unspecified atom stereocenters. The van der Waals surface area contributed by atoms with Crippen LogP contribution < -0.4 is 0 Å². The molecular formula is C14H15N3O3S. The average Bonchev–Trinajstić information content (AvgIpc) is 2.75. The molecule has 1 aliphatic rings. The highest BCUT2D eigenvalue weighted by Crippen LogP contribution is 2.33. The molecule has 1 amide bonds. The number of carbonyl (C=O) groups is 1. The quantitative estimate of drug-likeness (QED) is 0.487. The number of amides is 1. The number of hydrogen-bond acceptors (Lipinski definition) is 5. The van der Waals surface area contributed by atoms with Crippen LogP contribution in [0.25, 0.3) is 6.08 Å². The first-order valence-electron chi connectivity index (χ1n) is 6.57. The number of rotatable bonds is 4. The van der Waals surface area contributed by atoms with Gasteiger partial charge in [0.2, 0.25) is 0 Å². The molecule has 0 spiro atoms. The van der Waals surface area contributed by atoms with Gasteiger partial charge in [-0.15, -0.1) is 0 Å². The molecule has 0 bridgehead atoms. The molecular weight excluding hydrogens is 290 g/mol. The molecule has 0 saturated carbocycles. The molecule has 0 N–H and O–H groups in total. The van der Waals surface area contributed by atoms with Gasteiger partial charge >= 0.3 is 0 Å². The molecule has 1 fully saturated rings. The Labute approximate surface area is 126 Å². The Bertz CT molecular complexity index is 640. The fourth-order valence-corrected chi connectivity index (χ4v) is 3.05. The maximum absolute atomic E-state index is 12.3. The molecule has 6 nitrogen and oxygen atoms in total. The van der Waals surface area contributed by atoms with Crippen LogP contribution in [0.3, 0.4) is 0 Å². The maximum atomic E-state index is 12.3. The SMILES string of the molecule is CCN=C1S/C(=C/c2ccccc2[N+](=O)[O-])C(=O)N1CC. The van der Waals surface area contributed by atoms with E-state index in [9.17, 15) is 14.9 Å². The predicted molar refractivity (Wildman–Crippen MR) is 84.0 cm³/mol. The smallest absolute Gasteiger partial charge is 0.276 e. The van der Waals surface area contributed by atoms with Crippen LogP contribution in [0, 0.1) is 10.1 Å². The number of para-hydroxylation sites is 1. The molecule has 0 radical (unpaired) electrons. The van der Waals surface area contributed by atoms with E-state index >= 15 is 0 Å². The first-order valence-corrected chi connectivity index (χ1v) is 7.39. The van der Waals surface area contributed by atoms with Crippen molar-refractivity contribution in [3.8, 4) is 0 Å². The summed E-state index contributed by atoms with van der Waals surface area (Å²) in [6, 6.07) is 6.37. The monoisotopic (exact) mass is 305 g/mol. The first-order chi connectivity index (χ1) is 10.1. The Hall–Kier alpha value is -2.15. The summed E-state index contributed by atoms with van der Waals surface area (Å²) >= 11 is 1.26. The molecule has 1 aromatic carbocycles. The van der Waals surface area contributed by atoms with Crippen molar-refractivity contribution in [1.82, 2.24) is 4.90 Å². The first kappa shape index (κ1) is 15.2. The zero-order valence-corrected chi connectivity index (χ0v) is 12.6. The van der Waals surface area contributed by atoms with Gasteiger partial charge in [0.1, 0.15) is 0 Å². The predicted octanol–water partition coefficient (Wildman–Crippen LogP) is 2.91. The topological polar surface area (TPSA) is 75.8 Å². The van der Waals surface area contributed by atoms with Crippen LogP contribution in [0.2, 0.25) is 0 Å². The summed E-state index contributed by atoms with van der Waals surface area (Å²) in [6.45, 7) is 4.89. The number of thioether (sulfide) groups is 1. The molecule has 1 aromatic rings. The lowest BCUT2D eigenvalue weighted by Crippen LogP contribution is -2.28. The average molecular weight is 305 g/mol. The molecule has 1 aliphatic heterocycles. The lowest BCUT2D eigenvalue weighted by atomic mass is 10.1. The Morgan fingerprint density at radius 2 is 2.10 bits per heavy atom. The molecule has 110 valence electrons. The molecule has 2 rings (SSSR count). The molecule has 21 heavy (non-hydrogen) atoms. The van der Waals surface area contributed by atoms with Gasteiger partial charge < -0.3 is 0 Å². The fourth-order valence-electron chi connectivity index (χ4n) is 1.96.